The van der Waals surface area contributed by atoms with Crippen LogP contribution in [0.5, 0.6) is 0 Å². The Bertz CT molecular complexity index is 2530. The summed E-state index contributed by atoms with van der Waals surface area (Å²) in [7, 11) is -17.2. The molecule has 0 amide bonds. The van der Waals surface area contributed by atoms with Crippen LogP contribution in [-0.4, -0.2) is 138 Å². The number of unbranched alkanes of at least 4 members (excludes halogenated alkanes) is 2. The van der Waals surface area contributed by atoms with Crippen LogP contribution in [0.15, 0.2) is 70.1 Å². The number of nitrogens with zero attached hydrogens (tertiary/aromatic N) is 2. The Morgan fingerprint density at radius 2 is 1.39 bits per heavy atom. The third-order valence-electron chi connectivity index (χ3n) is 11.2. The number of carboxylic acid groups (broad SMARTS) is 1. The molecular weight excluding hydrogens is 932 g/mol. The van der Waals surface area contributed by atoms with Crippen molar-refractivity contribution in [1.82, 2.24) is 0 Å². The van der Waals surface area contributed by atoms with Crippen LogP contribution in [0.25, 0.3) is 0 Å². The molecule has 2 aliphatic heterocycles. The Kier molecular flexibility index (Phi) is 20.4. The summed E-state index contributed by atoms with van der Waals surface area (Å²) in [5.41, 5.74) is 0.564. The van der Waals surface area contributed by atoms with Crippen LogP contribution < -0.4 is 34.5 Å². The Labute approximate surface area is 397 Å². The zero-order valence-electron chi connectivity index (χ0n) is 36.3. The van der Waals surface area contributed by atoms with E-state index in [9.17, 15) is 61.8 Å². The van der Waals surface area contributed by atoms with E-state index in [0.717, 1.165) is 0 Å². The summed E-state index contributed by atoms with van der Waals surface area (Å²) in [5.74, 6) is -2.29. The first-order valence-electron chi connectivity index (χ1n) is 20.1. The third-order valence-corrected chi connectivity index (χ3v) is 14.5. The number of carbonyl (C=O) groups is 1. The molecule has 2 unspecified atom stereocenters. The molecular formula is C40H55N2NaO17S4. The average Bonchev–Trinajstić information content (AvgIpc) is 3.53. The molecule has 2 atom stereocenters. The second-order valence-electron chi connectivity index (χ2n) is 15.7. The number of carboxylic acids is 1. The molecule has 0 radical (unpaired) electrons. The third kappa shape index (κ3) is 15.2. The van der Waals surface area contributed by atoms with Gasteiger partial charge < -0.3 is 33.3 Å². The summed E-state index contributed by atoms with van der Waals surface area (Å²) in [4.78, 5) is 12.1. The van der Waals surface area contributed by atoms with Crippen molar-refractivity contribution in [2.75, 3.05) is 69.6 Å². The van der Waals surface area contributed by atoms with Crippen molar-refractivity contribution in [3.63, 3.8) is 0 Å². The van der Waals surface area contributed by atoms with E-state index in [-0.39, 0.29) is 88.0 Å². The maximum Gasteiger partial charge on any atom is 1.00 e. The van der Waals surface area contributed by atoms with Gasteiger partial charge in [0.15, 0.2) is 5.71 Å². The van der Waals surface area contributed by atoms with Gasteiger partial charge in [-0.1, -0.05) is 6.08 Å². The van der Waals surface area contributed by atoms with E-state index >= 15 is 0 Å². The predicted molar refractivity (Wildman–Crippen MR) is 229 cm³/mol. The van der Waals surface area contributed by atoms with Gasteiger partial charge in [0.2, 0.25) is 5.69 Å². The van der Waals surface area contributed by atoms with Crippen LogP contribution in [0.2, 0.25) is 0 Å². The fourth-order valence-corrected chi connectivity index (χ4v) is 10.2. The molecule has 2 aliphatic rings. The number of hydrogen-bond donors (Lipinski definition) is 3. The summed E-state index contributed by atoms with van der Waals surface area (Å²) in [6.45, 7) is 5.34. The van der Waals surface area contributed by atoms with Crippen LogP contribution >= 0.6 is 0 Å². The van der Waals surface area contributed by atoms with Gasteiger partial charge in [-0.2, -0.15) is 21.4 Å². The Morgan fingerprint density at radius 3 is 2.00 bits per heavy atom. The maximum atomic E-state index is 12.4. The van der Waals surface area contributed by atoms with Crippen LogP contribution in [0.4, 0.5) is 11.4 Å². The average molecular weight is 987 g/mol. The van der Waals surface area contributed by atoms with Crippen molar-refractivity contribution in [2.45, 2.75) is 85.8 Å². The zero-order valence-corrected chi connectivity index (χ0v) is 41.6. The van der Waals surface area contributed by atoms with Crippen molar-refractivity contribution >= 4 is 63.5 Å². The molecule has 0 bridgehead atoms. The molecule has 4 rings (SSSR count). The Hall–Kier alpha value is -2.62. The molecule has 2 aromatic carbocycles. The SMILES string of the molecule is COCCOCCOCCN1C(=CC=CC2=[N+](CCCCCC(=O)O)c3ccc(S(=O)(=O)O)cc3C2(C)CCCS(=O)(=O)O)C(C)(CCCS(=O)(=O)[O-])c2cc(S(=O)(=O)[O-])ccc21.[Na+]. The van der Waals surface area contributed by atoms with Crippen LogP contribution in [0.1, 0.15) is 76.3 Å². The van der Waals surface area contributed by atoms with E-state index in [0.29, 0.717) is 72.9 Å². The fraction of sp³-hybridized carbons (Fsp3) is 0.550. The van der Waals surface area contributed by atoms with Gasteiger partial charge in [0.05, 0.1) is 64.1 Å². The van der Waals surface area contributed by atoms with Gasteiger partial charge in [0, 0.05) is 66.8 Å². The van der Waals surface area contributed by atoms with Crippen molar-refractivity contribution in [3.05, 3.63) is 71.5 Å². The van der Waals surface area contributed by atoms with Crippen LogP contribution in [0, 0.1) is 0 Å². The predicted octanol–water partition coefficient (Wildman–Crippen LogP) is 0.734. The quantitative estimate of drug-likeness (QED) is 0.0481. The topological polar surface area (TPSA) is 294 Å². The molecule has 0 saturated carbocycles. The van der Waals surface area contributed by atoms with E-state index < -0.39 is 78.6 Å². The number of methoxy groups -OCH3 is 1. The van der Waals surface area contributed by atoms with E-state index in [1.807, 2.05) is 9.48 Å². The first kappa shape index (κ1) is 55.7. The number of rotatable bonds is 27. The minimum Gasteiger partial charge on any atom is -0.748 e. The monoisotopic (exact) mass is 986 g/mol. The Balaban J connectivity index is 0.0000109. The van der Waals surface area contributed by atoms with Gasteiger partial charge in [-0.3, -0.25) is 13.9 Å². The first-order chi connectivity index (χ1) is 29.3. The number of benzene rings is 2. The summed E-state index contributed by atoms with van der Waals surface area (Å²) in [6, 6.07) is 7.91. The number of anilines is 1. The molecule has 64 heavy (non-hydrogen) atoms. The van der Waals surface area contributed by atoms with Crippen molar-refractivity contribution in [1.29, 1.82) is 0 Å². The largest absolute Gasteiger partial charge is 1.00 e. The van der Waals surface area contributed by atoms with Gasteiger partial charge in [-0.25, -0.2) is 16.8 Å². The van der Waals surface area contributed by atoms with E-state index in [2.05, 4.69) is 0 Å². The van der Waals surface area contributed by atoms with E-state index in [1.54, 1.807) is 39.2 Å². The normalized spacial score (nSPS) is 19.7. The smallest absolute Gasteiger partial charge is 0.748 e. The number of aliphatic carboxylic acids is 1. The fourth-order valence-electron chi connectivity index (χ4n) is 8.17. The van der Waals surface area contributed by atoms with Gasteiger partial charge in [-0.15, -0.1) is 0 Å². The van der Waals surface area contributed by atoms with Gasteiger partial charge in [-0.05, 0) is 94.3 Å². The van der Waals surface area contributed by atoms with Gasteiger partial charge in [0.1, 0.15) is 16.7 Å². The van der Waals surface area contributed by atoms with E-state index in [1.165, 1.54) is 36.4 Å². The minimum atomic E-state index is -4.95. The van der Waals surface area contributed by atoms with Crippen LogP contribution in [-0.2, 0) is 70.3 Å². The molecule has 2 heterocycles. The second kappa shape index (κ2) is 23.4. The summed E-state index contributed by atoms with van der Waals surface area (Å²) < 4.78 is 158. The van der Waals surface area contributed by atoms with Crippen molar-refractivity contribution in [3.8, 4) is 0 Å². The second-order valence-corrected chi connectivity index (χ2v) is 21.6. The molecule has 0 aromatic heterocycles. The van der Waals surface area contributed by atoms with Gasteiger partial charge in [0.25, 0.3) is 20.2 Å². The zero-order chi connectivity index (χ0) is 46.9. The van der Waals surface area contributed by atoms with Gasteiger partial charge >= 0.3 is 35.5 Å². The minimum absolute atomic E-state index is 0. The number of hydrogen-bond acceptors (Lipinski definition) is 15. The Morgan fingerprint density at radius 1 is 0.781 bits per heavy atom. The molecule has 19 nitrogen and oxygen atoms in total. The van der Waals surface area contributed by atoms with Crippen molar-refractivity contribution < 1.29 is 110 Å². The molecule has 0 fully saturated rings. The molecule has 0 spiro atoms. The molecule has 3 N–H and O–H groups in total. The summed E-state index contributed by atoms with van der Waals surface area (Å²) in [5, 5.41) is 9.18. The molecule has 0 saturated heterocycles. The van der Waals surface area contributed by atoms with Crippen molar-refractivity contribution in [2.24, 2.45) is 0 Å². The van der Waals surface area contributed by atoms with Crippen LogP contribution in [0.3, 0.4) is 0 Å². The number of allylic oxidation sites excluding steroid dienone is 4. The molecule has 2 aromatic rings. The molecule has 0 aliphatic carbocycles. The standard InChI is InChI=1S/C40H56N2O17S4.Na/c1-39(17-8-26-60(45,46)47)32-28-30(62(51,52)53)13-15-34(32)41(19-6-4-5-12-38(43)44)36(39)10-7-11-37-40(2,18-9-27-61(48,49)50)33-29-31(63(54,55)56)14-16-35(33)42(37)20-21-58-24-25-59-23-22-57-3;/h7,10-11,13-16,28-29H,4-6,8-9,12,17-27H2,1-3H3,(H4-,43,44,45,46,47,48,49,50,51,52,53,54,55,56);/q;+1/p-1. The van der Waals surface area contributed by atoms with E-state index in [4.69, 9.17) is 14.2 Å². The summed E-state index contributed by atoms with van der Waals surface area (Å²) >= 11 is 0. The first-order valence-corrected chi connectivity index (χ1v) is 26.1. The summed E-state index contributed by atoms with van der Waals surface area (Å²) in [6.07, 6.45) is 6.28. The molecule has 352 valence electrons. The molecule has 24 heteroatoms. The maximum absolute atomic E-state index is 12.4. The number of ether oxygens (including phenoxy) is 3. The number of fused-ring (bicyclic) bond motifs is 2.